The zero-order valence-corrected chi connectivity index (χ0v) is 16.6. The van der Waals surface area contributed by atoms with Crippen molar-refractivity contribution >= 4 is 34.0 Å². The van der Waals surface area contributed by atoms with Crippen LogP contribution in [0.1, 0.15) is 30.6 Å². The summed E-state index contributed by atoms with van der Waals surface area (Å²) in [7, 11) is 0. The van der Waals surface area contributed by atoms with Gasteiger partial charge in [0.05, 0.1) is 22.8 Å². The number of aromatic nitrogens is 3. The average Bonchev–Trinajstić information content (AvgIpc) is 3.32. The summed E-state index contributed by atoms with van der Waals surface area (Å²) < 4.78 is 18.2. The number of benzene rings is 2. The number of hydrogen-bond acceptors (Lipinski definition) is 7. The van der Waals surface area contributed by atoms with Crippen molar-refractivity contribution in [1.82, 2.24) is 14.5 Å². The predicted octanol–water partition coefficient (Wildman–Crippen LogP) is 3.84. The molecule has 4 aromatic rings. The number of nitrogen functional groups attached to an aromatic ring is 1. The zero-order valence-electron chi connectivity index (χ0n) is 16.6. The number of esters is 1. The fourth-order valence-corrected chi connectivity index (χ4v) is 3.47. The van der Waals surface area contributed by atoms with Gasteiger partial charge < -0.3 is 19.9 Å². The summed E-state index contributed by atoms with van der Waals surface area (Å²) >= 11 is 0. The Morgan fingerprint density at radius 2 is 1.90 bits per heavy atom. The van der Waals surface area contributed by atoms with Crippen LogP contribution in [0.15, 0.2) is 42.5 Å². The van der Waals surface area contributed by atoms with E-state index in [0.717, 1.165) is 0 Å². The van der Waals surface area contributed by atoms with Crippen molar-refractivity contribution in [2.45, 2.75) is 26.4 Å². The van der Waals surface area contributed by atoms with E-state index in [0.29, 0.717) is 45.8 Å². The van der Waals surface area contributed by atoms with E-state index in [-0.39, 0.29) is 24.3 Å². The molecule has 0 spiro atoms. The first-order valence-corrected chi connectivity index (χ1v) is 9.74. The van der Waals surface area contributed by atoms with Gasteiger partial charge in [-0.05, 0) is 37.6 Å². The molecule has 0 saturated heterocycles. The van der Waals surface area contributed by atoms with Crippen molar-refractivity contribution in [3.63, 3.8) is 0 Å². The lowest BCUT2D eigenvalue weighted by Gasteiger charge is -2.11. The minimum Gasteiger partial charge on any atom is -0.459 e. The lowest BCUT2D eigenvalue weighted by atomic mass is 10.2. The first-order valence-electron chi connectivity index (χ1n) is 9.74. The Hall–Kier alpha value is -3.81. The van der Waals surface area contributed by atoms with Crippen LogP contribution in [-0.2, 0) is 4.74 Å². The fraction of sp³-hybridized carbons (Fsp3) is 0.227. The highest BCUT2D eigenvalue weighted by molar-refractivity contribution is 6.09. The smallest absolute Gasteiger partial charge is 0.344 e. The molecule has 2 N–H and O–H groups in total. The number of nitrogens with zero attached hydrogens (tertiary/aromatic N) is 3. The first kappa shape index (κ1) is 18.2. The first-order chi connectivity index (χ1) is 14.6. The van der Waals surface area contributed by atoms with E-state index in [9.17, 15) is 4.79 Å². The molecule has 30 heavy (non-hydrogen) atoms. The molecule has 2 aromatic carbocycles. The van der Waals surface area contributed by atoms with Crippen LogP contribution in [0.4, 0.5) is 5.82 Å². The maximum absolute atomic E-state index is 13.0. The molecule has 0 radical (unpaired) electrons. The van der Waals surface area contributed by atoms with Crippen LogP contribution in [0.3, 0.4) is 0 Å². The summed E-state index contributed by atoms with van der Waals surface area (Å²) in [6.07, 6.45) is 0.454. The molecule has 8 heteroatoms. The van der Waals surface area contributed by atoms with Gasteiger partial charge in [-0.1, -0.05) is 19.1 Å². The molecule has 0 amide bonds. The quantitative estimate of drug-likeness (QED) is 0.516. The third-order valence-corrected chi connectivity index (χ3v) is 5.20. The molecular weight excluding hydrogens is 384 g/mol. The number of ether oxygens (including phenoxy) is 3. The Morgan fingerprint density at radius 3 is 2.67 bits per heavy atom. The highest BCUT2D eigenvalue weighted by atomic mass is 16.7. The molecular formula is C22H20N4O4. The number of carbonyl (C=O) groups is 1. The Labute approximate surface area is 172 Å². The number of nitrogens with two attached hydrogens (primary N) is 1. The fourth-order valence-electron chi connectivity index (χ4n) is 3.47. The molecule has 1 atom stereocenters. The van der Waals surface area contributed by atoms with Gasteiger partial charge in [-0.2, -0.15) is 0 Å². The maximum atomic E-state index is 13.0. The standard InChI is InChI=1S/C22H20N4O4/c1-3-12(2)30-22(27)18-19-21(25-15-7-5-4-6-14(15)24-19)26(20(18)23)13-8-9-16-17(10-13)29-11-28-16/h4-10,12H,3,11,23H2,1-2H3/t12-/m1/s1. The minimum atomic E-state index is -0.518. The summed E-state index contributed by atoms with van der Waals surface area (Å²) in [5, 5.41) is 0. The molecule has 0 aliphatic carbocycles. The summed E-state index contributed by atoms with van der Waals surface area (Å²) in [6.45, 7) is 3.95. The molecule has 0 unspecified atom stereocenters. The zero-order chi connectivity index (χ0) is 20.8. The lowest BCUT2D eigenvalue weighted by Crippen LogP contribution is -2.15. The second-order valence-electron chi connectivity index (χ2n) is 7.14. The van der Waals surface area contributed by atoms with Crippen LogP contribution in [0.5, 0.6) is 11.5 Å². The van der Waals surface area contributed by atoms with Gasteiger partial charge in [-0.3, -0.25) is 4.57 Å². The summed E-state index contributed by atoms with van der Waals surface area (Å²) in [4.78, 5) is 22.4. The van der Waals surface area contributed by atoms with Crippen molar-refractivity contribution in [3.8, 4) is 17.2 Å². The van der Waals surface area contributed by atoms with E-state index >= 15 is 0 Å². The van der Waals surface area contributed by atoms with Crippen LogP contribution >= 0.6 is 0 Å². The number of para-hydroxylation sites is 2. The second kappa shape index (κ2) is 6.91. The highest BCUT2D eigenvalue weighted by Gasteiger charge is 2.27. The van der Waals surface area contributed by atoms with Gasteiger partial charge in [0.25, 0.3) is 0 Å². The topological polar surface area (TPSA) is 101 Å². The largest absolute Gasteiger partial charge is 0.459 e. The lowest BCUT2D eigenvalue weighted by molar-refractivity contribution is 0.0338. The van der Waals surface area contributed by atoms with Crippen LogP contribution in [0.2, 0.25) is 0 Å². The van der Waals surface area contributed by atoms with E-state index in [1.807, 2.05) is 44.2 Å². The SMILES string of the molecule is CC[C@@H](C)OC(=O)c1c(N)n(-c2ccc3c(c2)OCO3)c2nc3ccccc3nc12. The van der Waals surface area contributed by atoms with Crippen LogP contribution in [0, 0.1) is 0 Å². The van der Waals surface area contributed by atoms with Crippen molar-refractivity contribution in [2.24, 2.45) is 0 Å². The van der Waals surface area contributed by atoms with Gasteiger partial charge in [0.1, 0.15) is 16.9 Å². The Balaban J connectivity index is 1.78. The van der Waals surface area contributed by atoms with E-state index in [1.54, 1.807) is 16.7 Å². The number of carbonyl (C=O) groups excluding carboxylic acids is 1. The predicted molar refractivity (Wildman–Crippen MR) is 112 cm³/mol. The summed E-state index contributed by atoms with van der Waals surface area (Å²) in [5.74, 6) is 0.955. The number of rotatable bonds is 4. The van der Waals surface area contributed by atoms with Gasteiger partial charge in [0.2, 0.25) is 6.79 Å². The van der Waals surface area contributed by atoms with Gasteiger partial charge in [0, 0.05) is 6.07 Å². The van der Waals surface area contributed by atoms with Crippen molar-refractivity contribution in [1.29, 1.82) is 0 Å². The molecule has 1 aliphatic rings. The molecule has 0 saturated carbocycles. The highest BCUT2D eigenvalue weighted by Crippen LogP contribution is 2.37. The monoisotopic (exact) mass is 404 g/mol. The summed E-state index contributed by atoms with van der Waals surface area (Å²) in [6, 6.07) is 12.9. The summed E-state index contributed by atoms with van der Waals surface area (Å²) in [5.41, 5.74) is 9.63. The van der Waals surface area contributed by atoms with E-state index in [4.69, 9.17) is 29.9 Å². The minimum absolute atomic E-state index is 0.164. The third kappa shape index (κ3) is 2.80. The molecule has 0 fully saturated rings. The van der Waals surface area contributed by atoms with Crippen molar-refractivity contribution < 1.29 is 19.0 Å². The molecule has 8 nitrogen and oxygen atoms in total. The molecule has 3 heterocycles. The van der Waals surface area contributed by atoms with Gasteiger partial charge in [0.15, 0.2) is 17.1 Å². The number of fused-ring (bicyclic) bond motifs is 3. The molecule has 5 rings (SSSR count). The maximum Gasteiger partial charge on any atom is 0.344 e. The van der Waals surface area contributed by atoms with Crippen LogP contribution in [-0.4, -0.2) is 33.4 Å². The van der Waals surface area contributed by atoms with Gasteiger partial charge in [-0.15, -0.1) is 0 Å². The Morgan fingerprint density at radius 1 is 1.17 bits per heavy atom. The third-order valence-electron chi connectivity index (χ3n) is 5.20. The number of anilines is 1. The van der Waals surface area contributed by atoms with Gasteiger partial charge >= 0.3 is 5.97 Å². The van der Waals surface area contributed by atoms with Gasteiger partial charge in [-0.25, -0.2) is 14.8 Å². The van der Waals surface area contributed by atoms with E-state index < -0.39 is 5.97 Å². The second-order valence-corrected chi connectivity index (χ2v) is 7.14. The molecule has 2 aromatic heterocycles. The number of hydrogen-bond donors (Lipinski definition) is 1. The average molecular weight is 404 g/mol. The van der Waals surface area contributed by atoms with E-state index in [1.165, 1.54) is 0 Å². The van der Waals surface area contributed by atoms with Crippen LogP contribution < -0.4 is 15.2 Å². The molecule has 152 valence electrons. The Kier molecular flexibility index (Phi) is 4.20. The Bertz CT molecular complexity index is 1300. The normalized spacial score (nSPS) is 13.7. The van der Waals surface area contributed by atoms with Crippen LogP contribution in [0.25, 0.3) is 27.9 Å². The van der Waals surface area contributed by atoms with Crippen molar-refractivity contribution in [3.05, 3.63) is 48.0 Å². The van der Waals surface area contributed by atoms with E-state index in [2.05, 4.69) is 0 Å². The molecule has 1 aliphatic heterocycles. The van der Waals surface area contributed by atoms with Crippen molar-refractivity contribution in [2.75, 3.05) is 12.5 Å². The molecule has 0 bridgehead atoms.